The number of nitrogens with zero attached hydrogens (tertiary/aromatic N) is 2. The molecule has 9 heteroatoms. The molecule has 3 rings (SSSR count). The minimum Gasteiger partial charge on any atom is -0.507 e. The van der Waals surface area contributed by atoms with E-state index in [2.05, 4.69) is 43.4 Å². The molecular formula is C21H30IN5O2S. The standard InChI is InChI=1S/C21H29N5O2S.HI/c1-2-22-21(24-12-11-23-20(28)17-6-3-4-7-18(17)27)25-16-9-13-26(14-10-16)19-8-5-15-29-19;/h3-8,15-16,27H,2,9-14H2,1H3,(H,23,28)(H2,22,24,25);1H. The molecule has 0 aliphatic carbocycles. The van der Waals surface area contributed by atoms with Crippen LogP contribution >= 0.6 is 35.3 Å². The zero-order chi connectivity index (χ0) is 20.5. The van der Waals surface area contributed by atoms with E-state index in [-0.39, 0.29) is 41.2 Å². The molecule has 1 aliphatic rings. The van der Waals surface area contributed by atoms with E-state index in [0.29, 0.717) is 19.1 Å². The van der Waals surface area contributed by atoms with Crippen LogP contribution in [0.4, 0.5) is 5.00 Å². The minimum absolute atomic E-state index is 0. The molecule has 1 aromatic heterocycles. The summed E-state index contributed by atoms with van der Waals surface area (Å²) in [6, 6.07) is 11.2. The van der Waals surface area contributed by atoms with Crippen molar-refractivity contribution in [2.75, 3.05) is 37.6 Å². The summed E-state index contributed by atoms with van der Waals surface area (Å²) in [5.41, 5.74) is 0.277. The van der Waals surface area contributed by atoms with E-state index >= 15 is 0 Å². The molecule has 1 aliphatic heterocycles. The van der Waals surface area contributed by atoms with E-state index < -0.39 is 0 Å². The van der Waals surface area contributed by atoms with Crippen molar-refractivity contribution in [2.45, 2.75) is 25.8 Å². The number of aliphatic imine (C=N–C) groups is 1. The van der Waals surface area contributed by atoms with Crippen molar-refractivity contribution in [3.63, 3.8) is 0 Å². The van der Waals surface area contributed by atoms with Gasteiger partial charge in [-0.05, 0) is 49.4 Å². The van der Waals surface area contributed by atoms with Crippen molar-refractivity contribution >= 4 is 52.2 Å². The Bertz CT molecular complexity index is 807. The van der Waals surface area contributed by atoms with Crippen LogP contribution in [0, 0.1) is 0 Å². The van der Waals surface area contributed by atoms with E-state index in [9.17, 15) is 9.90 Å². The average molecular weight is 543 g/mol. The predicted molar refractivity (Wildman–Crippen MR) is 135 cm³/mol. The fourth-order valence-corrected chi connectivity index (χ4v) is 4.09. The summed E-state index contributed by atoms with van der Waals surface area (Å²) < 4.78 is 0. The van der Waals surface area contributed by atoms with Gasteiger partial charge >= 0.3 is 0 Å². The SMILES string of the molecule is CCNC(=NCCNC(=O)c1ccccc1O)NC1CCN(c2cccs2)CC1.I. The minimum atomic E-state index is -0.294. The number of aromatic hydroxyl groups is 1. The van der Waals surface area contributed by atoms with Gasteiger partial charge in [-0.25, -0.2) is 0 Å². The van der Waals surface area contributed by atoms with Crippen molar-refractivity contribution in [1.29, 1.82) is 0 Å². The van der Waals surface area contributed by atoms with Gasteiger partial charge in [0.1, 0.15) is 5.75 Å². The molecule has 0 unspecified atom stereocenters. The Hall–Kier alpha value is -2.01. The van der Waals surface area contributed by atoms with Gasteiger partial charge in [-0.3, -0.25) is 9.79 Å². The number of para-hydroxylation sites is 1. The van der Waals surface area contributed by atoms with Gasteiger partial charge in [-0.15, -0.1) is 35.3 Å². The largest absolute Gasteiger partial charge is 0.507 e. The number of amides is 1. The van der Waals surface area contributed by atoms with E-state index in [4.69, 9.17) is 0 Å². The third-order valence-corrected chi connectivity index (χ3v) is 5.74. The summed E-state index contributed by atoms with van der Waals surface area (Å²) in [6.45, 7) is 5.76. The molecule has 164 valence electrons. The molecule has 0 saturated carbocycles. The number of carbonyl (C=O) groups excluding carboxylic acids is 1. The highest BCUT2D eigenvalue weighted by Crippen LogP contribution is 2.24. The van der Waals surface area contributed by atoms with Crippen LogP contribution in [0.15, 0.2) is 46.8 Å². The third-order valence-electron chi connectivity index (χ3n) is 4.81. The Morgan fingerprint density at radius 2 is 1.97 bits per heavy atom. The van der Waals surface area contributed by atoms with Crippen molar-refractivity contribution in [1.82, 2.24) is 16.0 Å². The van der Waals surface area contributed by atoms with E-state index in [1.165, 1.54) is 11.1 Å². The second-order valence-electron chi connectivity index (χ2n) is 6.89. The van der Waals surface area contributed by atoms with Crippen LogP contribution in [0.1, 0.15) is 30.1 Å². The molecule has 0 atom stereocenters. The van der Waals surface area contributed by atoms with Crippen LogP contribution in [0.3, 0.4) is 0 Å². The van der Waals surface area contributed by atoms with E-state index in [1.54, 1.807) is 29.5 Å². The monoisotopic (exact) mass is 543 g/mol. The number of nitrogens with one attached hydrogen (secondary N) is 3. The number of benzene rings is 1. The lowest BCUT2D eigenvalue weighted by Gasteiger charge is -2.33. The molecule has 1 fully saturated rings. The highest BCUT2D eigenvalue weighted by Gasteiger charge is 2.20. The highest BCUT2D eigenvalue weighted by atomic mass is 127. The molecule has 0 spiro atoms. The van der Waals surface area contributed by atoms with E-state index in [1.807, 2.05) is 6.92 Å². The number of hydrogen-bond donors (Lipinski definition) is 4. The number of anilines is 1. The van der Waals surface area contributed by atoms with Crippen molar-refractivity contribution in [3.8, 4) is 5.75 Å². The van der Waals surface area contributed by atoms with Gasteiger partial charge in [0, 0.05) is 32.2 Å². The number of phenols is 1. The quantitative estimate of drug-likeness (QED) is 0.187. The maximum Gasteiger partial charge on any atom is 0.255 e. The predicted octanol–water partition coefficient (Wildman–Crippen LogP) is 3.03. The van der Waals surface area contributed by atoms with Crippen LogP contribution in [0.2, 0.25) is 0 Å². The summed E-state index contributed by atoms with van der Waals surface area (Å²) >= 11 is 1.79. The first-order valence-electron chi connectivity index (χ1n) is 10.1. The summed E-state index contributed by atoms with van der Waals surface area (Å²) in [4.78, 5) is 19.1. The lowest BCUT2D eigenvalue weighted by atomic mass is 10.1. The molecule has 2 aromatic rings. The topological polar surface area (TPSA) is 89.0 Å². The fourth-order valence-electron chi connectivity index (χ4n) is 3.31. The molecule has 1 amide bonds. The van der Waals surface area contributed by atoms with Crippen LogP contribution in [0.25, 0.3) is 0 Å². The lowest BCUT2D eigenvalue weighted by Crippen LogP contribution is -2.48. The lowest BCUT2D eigenvalue weighted by molar-refractivity contribution is 0.0952. The van der Waals surface area contributed by atoms with Gasteiger partial charge in [0.05, 0.1) is 17.1 Å². The number of guanidine groups is 1. The molecule has 1 saturated heterocycles. The summed E-state index contributed by atoms with van der Waals surface area (Å²) in [6.07, 6.45) is 2.12. The molecule has 4 N–H and O–H groups in total. The summed E-state index contributed by atoms with van der Waals surface area (Å²) in [5, 5.41) is 22.8. The maximum atomic E-state index is 12.1. The molecule has 7 nitrogen and oxygen atoms in total. The van der Waals surface area contributed by atoms with Crippen molar-refractivity contribution in [3.05, 3.63) is 47.3 Å². The summed E-state index contributed by atoms with van der Waals surface area (Å²) in [5.74, 6) is 0.466. The van der Waals surface area contributed by atoms with Gasteiger partial charge in [0.15, 0.2) is 5.96 Å². The number of phenolic OH excluding ortho intramolecular Hbond substituents is 1. The Labute approximate surface area is 199 Å². The number of thiophene rings is 1. The highest BCUT2D eigenvalue weighted by molar-refractivity contribution is 14.0. The first-order chi connectivity index (χ1) is 14.2. The molecule has 1 aromatic carbocycles. The Morgan fingerprint density at radius 3 is 2.63 bits per heavy atom. The molecule has 0 bridgehead atoms. The zero-order valence-corrected chi connectivity index (χ0v) is 20.3. The Balaban J connectivity index is 0.00000320. The van der Waals surface area contributed by atoms with Gasteiger partial charge in [-0.1, -0.05) is 12.1 Å². The van der Waals surface area contributed by atoms with Crippen LogP contribution < -0.4 is 20.9 Å². The Kier molecular flexibility index (Phi) is 10.2. The fraction of sp³-hybridized carbons (Fsp3) is 0.429. The first kappa shape index (κ1) is 24.3. The number of carbonyl (C=O) groups is 1. The maximum absolute atomic E-state index is 12.1. The second kappa shape index (κ2) is 12.6. The normalized spacial score (nSPS) is 14.7. The summed E-state index contributed by atoms with van der Waals surface area (Å²) in [7, 11) is 0. The molecule has 0 radical (unpaired) electrons. The van der Waals surface area contributed by atoms with Crippen LogP contribution in [-0.2, 0) is 0 Å². The number of hydrogen-bond acceptors (Lipinski definition) is 5. The van der Waals surface area contributed by atoms with Gasteiger partial charge < -0.3 is 26.0 Å². The molecule has 2 heterocycles. The van der Waals surface area contributed by atoms with Gasteiger partial charge in [-0.2, -0.15) is 0 Å². The van der Waals surface area contributed by atoms with Gasteiger partial charge in [0.2, 0.25) is 0 Å². The smallest absolute Gasteiger partial charge is 0.255 e. The van der Waals surface area contributed by atoms with Crippen LogP contribution in [-0.4, -0.2) is 55.7 Å². The number of piperidine rings is 1. The average Bonchev–Trinajstić information content (AvgIpc) is 3.27. The third kappa shape index (κ3) is 7.05. The van der Waals surface area contributed by atoms with Crippen molar-refractivity contribution in [2.24, 2.45) is 4.99 Å². The van der Waals surface area contributed by atoms with E-state index in [0.717, 1.165) is 38.4 Å². The Morgan fingerprint density at radius 1 is 1.20 bits per heavy atom. The molecule has 30 heavy (non-hydrogen) atoms. The first-order valence-corrected chi connectivity index (χ1v) is 10.9. The number of rotatable bonds is 7. The van der Waals surface area contributed by atoms with Crippen LogP contribution in [0.5, 0.6) is 5.75 Å². The second-order valence-corrected chi connectivity index (χ2v) is 7.82. The zero-order valence-electron chi connectivity index (χ0n) is 17.1. The van der Waals surface area contributed by atoms with Gasteiger partial charge in [0.25, 0.3) is 5.91 Å². The van der Waals surface area contributed by atoms with Crippen molar-refractivity contribution < 1.29 is 9.90 Å². The number of halogens is 1. The molecular weight excluding hydrogens is 513 g/mol.